The van der Waals surface area contributed by atoms with E-state index in [1.165, 1.54) is 0 Å². The summed E-state index contributed by atoms with van der Waals surface area (Å²) in [5, 5.41) is -0.300. The van der Waals surface area contributed by atoms with E-state index in [2.05, 4.69) is 13.8 Å². The van der Waals surface area contributed by atoms with E-state index in [-0.39, 0.29) is 5.21 Å². The number of halogens is 1. The largest absolute Gasteiger partial charge is 0.228 e. The lowest BCUT2D eigenvalue weighted by molar-refractivity contribution is 0.391. The average Bonchev–Trinajstić information content (AvgIpc) is 2.27. The van der Waals surface area contributed by atoms with Gasteiger partial charge in [0.15, 0.2) is 0 Å². The Hall–Kier alpha value is 0.200. The molecule has 0 aromatic carbocycles. The van der Waals surface area contributed by atoms with Gasteiger partial charge in [-0.2, -0.15) is 0 Å². The van der Waals surface area contributed by atoms with E-state index in [1.54, 1.807) is 4.31 Å². The lowest BCUT2D eigenvalue weighted by Crippen LogP contribution is -2.33. The summed E-state index contributed by atoms with van der Waals surface area (Å²) in [5.41, 5.74) is 0. The van der Waals surface area contributed by atoms with Crippen LogP contribution >= 0.6 is 11.6 Å². The van der Waals surface area contributed by atoms with Gasteiger partial charge in [-0.05, 0) is 12.8 Å². The molecule has 0 aromatic heterocycles. The number of nitrogens with zero attached hydrogens (tertiary/aromatic N) is 1. The predicted octanol–water partition coefficient (Wildman–Crippen LogP) is 3.19. The Bertz CT molecular complexity index is 245. The highest BCUT2D eigenvalue weighted by Crippen LogP contribution is 2.09. The number of alkyl halides is 1. The molecule has 3 nitrogen and oxygen atoms in total. The quantitative estimate of drug-likeness (QED) is 0.451. The summed E-state index contributed by atoms with van der Waals surface area (Å²) >= 11 is 5.48. The summed E-state index contributed by atoms with van der Waals surface area (Å²) < 4.78 is 24.9. The maximum absolute atomic E-state index is 11.7. The fourth-order valence-corrected chi connectivity index (χ4v) is 2.90. The van der Waals surface area contributed by atoms with Gasteiger partial charge >= 0.3 is 0 Å². The number of rotatable bonds is 10. The Balaban J connectivity index is 4.16. The van der Waals surface area contributed by atoms with Gasteiger partial charge in [-0.25, -0.2) is 12.7 Å². The van der Waals surface area contributed by atoms with Gasteiger partial charge in [0.1, 0.15) is 5.21 Å². The molecular weight excluding hydrogens is 246 g/mol. The molecule has 0 unspecified atom stereocenters. The molecule has 0 amide bonds. The van der Waals surface area contributed by atoms with Crippen molar-refractivity contribution in [1.82, 2.24) is 4.31 Å². The third-order valence-electron chi connectivity index (χ3n) is 2.55. The topological polar surface area (TPSA) is 37.4 Å². The van der Waals surface area contributed by atoms with Crippen molar-refractivity contribution in [3.05, 3.63) is 0 Å². The van der Waals surface area contributed by atoms with Crippen LogP contribution in [0.3, 0.4) is 0 Å². The van der Waals surface area contributed by atoms with Crippen molar-refractivity contribution < 1.29 is 8.42 Å². The molecule has 0 aliphatic heterocycles. The molecule has 5 heteroatoms. The zero-order valence-corrected chi connectivity index (χ0v) is 12.0. The highest BCUT2D eigenvalue weighted by Gasteiger charge is 2.19. The highest BCUT2D eigenvalue weighted by molar-refractivity contribution is 7.90. The van der Waals surface area contributed by atoms with E-state index in [4.69, 9.17) is 11.6 Å². The molecule has 0 aromatic rings. The van der Waals surface area contributed by atoms with Gasteiger partial charge in [0.25, 0.3) is 0 Å². The maximum Gasteiger partial charge on any atom is 0.228 e. The molecule has 0 atom stereocenters. The Morgan fingerprint density at radius 1 is 0.938 bits per heavy atom. The van der Waals surface area contributed by atoms with Gasteiger partial charge in [0.05, 0.1) is 0 Å². The maximum atomic E-state index is 11.7. The lowest BCUT2D eigenvalue weighted by atomic mass is 10.2. The fourth-order valence-electron chi connectivity index (χ4n) is 1.54. The van der Waals surface area contributed by atoms with Gasteiger partial charge < -0.3 is 0 Å². The SMILES string of the molecule is CCCCCN(CCCCC)S(=O)(=O)CCl. The fraction of sp³-hybridized carbons (Fsp3) is 1.00. The smallest absolute Gasteiger partial charge is 0.211 e. The van der Waals surface area contributed by atoms with Crippen molar-refractivity contribution in [2.45, 2.75) is 52.4 Å². The van der Waals surface area contributed by atoms with Crippen LogP contribution in [0.1, 0.15) is 52.4 Å². The first kappa shape index (κ1) is 16.2. The van der Waals surface area contributed by atoms with Crippen LogP contribution in [0, 0.1) is 0 Å². The monoisotopic (exact) mass is 269 g/mol. The van der Waals surface area contributed by atoms with Crippen molar-refractivity contribution in [1.29, 1.82) is 0 Å². The Labute approximate surface area is 105 Å². The number of hydrogen-bond donors (Lipinski definition) is 0. The summed E-state index contributed by atoms with van der Waals surface area (Å²) in [7, 11) is -3.22. The molecular formula is C11H24ClNO2S. The predicted molar refractivity (Wildman–Crippen MR) is 70.3 cm³/mol. The number of hydrogen-bond acceptors (Lipinski definition) is 2. The summed E-state index contributed by atoms with van der Waals surface area (Å²) in [5.74, 6) is 0. The van der Waals surface area contributed by atoms with Crippen LogP contribution in [0.5, 0.6) is 0 Å². The van der Waals surface area contributed by atoms with E-state index in [0.29, 0.717) is 13.1 Å². The summed E-state index contributed by atoms with van der Waals surface area (Å²) in [6.45, 7) is 5.45. The first-order valence-corrected chi connectivity index (χ1v) is 8.26. The van der Waals surface area contributed by atoms with E-state index < -0.39 is 10.0 Å². The minimum atomic E-state index is -3.22. The van der Waals surface area contributed by atoms with Gasteiger partial charge in [0, 0.05) is 13.1 Å². The van der Waals surface area contributed by atoms with Crippen molar-refractivity contribution >= 4 is 21.6 Å². The molecule has 16 heavy (non-hydrogen) atoms. The van der Waals surface area contributed by atoms with Gasteiger partial charge in [-0.3, -0.25) is 0 Å². The van der Waals surface area contributed by atoms with E-state index >= 15 is 0 Å². The number of sulfonamides is 1. The zero-order valence-electron chi connectivity index (χ0n) is 10.4. The first-order valence-electron chi connectivity index (χ1n) is 6.12. The van der Waals surface area contributed by atoms with Crippen LogP contribution in [-0.4, -0.2) is 31.0 Å². The van der Waals surface area contributed by atoms with Gasteiger partial charge in [0.2, 0.25) is 10.0 Å². The summed E-state index contributed by atoms with van der Waals surface area (Å²) in [6, 6.07) is 0. The van der Waals surface area contributed by atoms with Crippen molar-refractivity contribution in [2.24, 2.45) is 0 Å². The molecule has 0 spiro atoms. The van der Waals surface area contributed by atoms with Crippen LogP contribution in [0.15, 0.2) is 0 Å². The Kier molecular flexibility index (Phi) is 9.37. The van der Waals surface area contributed by atoms with Crippen molar-refractivity contribution in [3.8, 4) is 0 Å². The minimum Gasteiger partial charge on any atom is -0.211 e. The second kappa shape index (κ2) is 9.25. The first-order chi connectivity index (χ1) is 7.58. The van der Waals surface area contributed by atoms with Gasteiger partial charge in [-0.1, -0.05) is 39.5 Å². The van der Waals surface area contributed by atoms with Crippen LogP contribution in [0.2, 0.25) is 0 Å². The molecule has 0 heterocycles. The highest BCUT2D eigenvalue weighted by atomic mass is 35.5. The normalized spacial score (nSPS) is 12.2. The van der Waals surface area contributed by atoms with Gasteiger partial charge in [-0.15, -0.1) is 11.6 Å². The van der Waals surface area contributed by atoms with Crippen molar-refractivity contribution in [3.63, 3.8) is 0 Å². The third-order valence-corrected chi connectivity index (χ3v) is 4.81. The molecule has 0 aliphatic rings. The summed E-state index contributed by atoms with van der Waals surface area (Å²) in [6.07, 6.45) is 6.20. The molecule has 0 bridgehead atoms. The Morgan fingerprint density at radius 3 is 1.69 bits per heavy atom. The van der Waals surface area contributed by atoms with Crippen LogP contribution in [0.4, 0.5) is 0 Å². The molecule has 0 saturated carbocycles. The second-order valence-electron chi connectivity index (χ2n) is 4.03. The van der Waals surface area contributed by atoms with E-state index in [0.717, 1.165) is 38.5 Å². The second-order valence-corrected chi connectivity index (χ2v) is 6.59. The lowest BCUT2D eigenvalue weighted by Gasteiger charge is -2.20. The molecule has 0 N–H and O–H groups in total. The Morgan fingerprint density at radius 2 is 1.38 bits per heavy atom. The minimum absolute atomic E-state index is 0.300. The molecule has 0 saturated heterocycles. The van der Waals surface area contributed by atoms with Crippen LogP contribution in [-0.2, 0) is 10.0 Å². The van der Waals surface area contributed by atoms with Crippen LogP contribution < -0.4 is 0 Å². The molecule has 0 aliphatic carbocycles. The zero-order chi connectivity index (χ0) is 12.4. The molecule has 98 valence electrons. The average molecular weight is 270 g/mol. The standard InChI is InChI=1S/C11H24ClNO2S/c1-3-5-7-9-13(10-8-6-4-2)16(14,15)11-12/h3-11H2,1-2H3. The third kappa shape index (κ3) is 6.71. The van der Waals surface area contributed by atoms with E-state index in [1.807, 2.05) is 0 Å². The summed E-state index contributed by atoms with van der Waals surface area (Å²) in [4.78, 5) is 0. The van der Waals surface area contributed by atoms with Crippen LogP contribution in [0.25, 0.3) is 0 Å². The van der Waals surface area contributed by atoms with E-state index in [9.17, 15) is 8.42 Å². The molecule has 0 rings (SSSR count). The number of unbranched alkanes of at least 4 members (excludes halogenated alkanes) is 4. The molecule has 0 fully saturated rings. The molecule has 0 radical (unpaired) electrons. The van der Waals surface area contributed by atoms with Crippen molar-refractivity contribution in [2.75, 3.05) is 18.3 Å².